The molecular formula is C51H61ClF4N10O4. The molecule has 4 aliphatic rings. The number of anilines is 2. The Labute approximate surface area is 411 Å². The predicted octanol–water partition coefficient (Wildman–Crippen LogP) is 5.27. The molecule has 8 rings (SSSR count). The second-order valence-electron chi connectivity index (χ2n) is 18.7. The molecule has 4 aromatic rings. The summed E-state index contributed by atoms with van der Waals surface area (Å²) in [6.07, 6.45) is 4.21. The van der Waals surface area contributed by atoms with Crippen molar-refractivity contribution in [2.24, 2.45) is 5.92 Å². The molecule has 70 heavy (non-hydrogen) atoms. The third-order valence-corrected chi connectivity index (χ3v) is 14.2. The number of aliphatic hydroxyl groups is 1. The number of piperazine rings is 2. The smallest absolute Gasteiger partial charge is 0.419 e. The minimum atomic E-state index is -4.80. The zero-order chi connectivity index (χ0) is 49.4. The fourth-order valence-corrected chi connectivity index (χ4v) is 10.1. The van der Waals surface area contributed by atoms with Gasteiger partial charge in [-0.05, 0) is 91.9 Å². The number of nitrogens with zero attached hydrogens (tertiary/aromatic N) is 7. The third kappa shape index (κ3) is 12.9. The number of halogens is 5. The van der Waals surface area contributed by atoms with Gasteiger partial charge in [0.05, 0.1) is 35.7 Å². The molecule has 1 aromatic heterocycles. The Morgan fingerprint density at radius 1 is 0.914 bits per heavy atom. The molecule has 3 atom stereocenters. The second-order valence-corrected chi connectivity index (χ2v) is 19.1. The van der Waals surface area contributed by atoms with Gasteiger partial charge >= 0.3 is 6.18 Å². The lowest BCUT2D eigenvalue weighted by molar-refractivity contribution is -0.140. The number of carbonyl (C=O) groups is 2. The highest BCUT2D eigenvalue weighted by atomic mass is 35.5. The monoisotopic (exact) mass is 988 g/mol. The quantitative estimate of drug-likeness (QED) is 0.0472. The average Bonchev–Trinajstić information content (AvgIpc) is 3.69. The van der Waals surface area contributed by atoms with E-state index in [9.17, 15) is 32.3 Å². The number of hydrogen-bond donors (Lipinski definition) is 4. The molecule has 14 nitrogen and oxygen atoms in total. The third-order valence-electron chi connectivity index (χ3n) is 13.9. The van der Waals surface area contributed by atoms with E-state index in [0.717, 1.165) is 93.3 Å². The Morgan fingerprint density at radius 3 is 2.36 bits per heavy atom. The molecule has 3 fully saturated rings. The maximum atomic E-state index is 14.1. The van der Waals surface area contributed by atoms with Gasteiger partial charge in [0, 0.05) is 107 Å². The summed E-state index contributed by atoms with van der Waals surface area (Å²) >= 11 is 6.21. The molecule has 0 spiro atoms. The van der Waals surface area contributed by atoms with Gasteiger partial charge in [-0.2, -0.15) is 13.2 Å². The zero-order valence-corrected chi connectivity index (χ0v) is 39.9. The van der Waals surface area contributed by atoms with Crippen molar-refractivity contribution >= 4 is 34.9 Å². The largest absolute Gasteiger partial charge is 0.489 e. The summed E-state index contributed by atoms with van der Waals surface area (Å²) < 4.78 is 59.5. The van der Waals surface area contributed by atoms with Gasteiger partial charge in [0.1, 0.15) is 30.3 Å². The van der Waals surface area contributed by atoms with Gasteiger partial charge in [-0.1, -0.05) is 35.7 Å². The van der Waals surface area contributed by atoms with E-state index in [1.54, 1.807) is 24.3 Å². The van der Waals surface area contributed by atoms with Crippen LogP contribution in [-0.4, -0.2) is 145 Å². The molecule has 3 aromatic carbocycles. The number of hydrogen-bond acceptors (Lipinski definition) is 12. The maximum Gasteiger partial charge on any atom is 0.419 e. The number of carbonyl (C=O) groups excluding carboxylic acids is 2. The number of fused-ring (bicyclic) bond motifs is 1. The lowest BCUT2D eigenvalue weighted by atomic mass is 9.95. The summed E-state index contributed by atoms with van der Waals surface area (Å²) in [5, 5.41) is 17.5. The topological polar surface area (TPSA) is 156 Å². The van der Waals surface area contributed by atoms with Gasteiger partial charge in [-0.15, -0.1) is 6.42 Å². The molecule has 3 saturated heterocycles. The fraction of sp³-hybridized carbons (Fsp3) is 0.490. The summed E-state index contributed by atoms with van der Waals surface area (Å²) in [6.45, 7) is 10.3. The normalized spacial score (nSPS) is 20.0. The van der Waals surface area contributed by atoms with Crippen LogP contribution in [0.4, 0.5) is 29.1 Å². The Morgan fingerprint density at radius 2 is 1.64 bits per heavy atom. The van der Waals surface area contributed by atoms with E-state index in [4.69, 9.17) is 28.5 Å². The molecule has 19 heteroatoms. The van der Waals surface area contributed by atoms with Crippen molar-refractivity contribution in [3.05, 3.63) is 111 Å². The number of amides is 2. The van der Waals surface area contributed by atoms with Crippen molar-refractivity contribution in [1.82, 2.24) is 40.2 Å². The van der Waals surface area contributed by atoms with Gasteiger partial charge in [-0.3, -0.25) is 19.4 Å². The van der Waals surface area contributed by atoms with Crippen molar-refractivity contribution in [1.29, 1.82) is 0 Å². The lowest BCUT2D eigenvalue weighted by Crippen LogP contribution is -2.52. The van der Waals surface area contributed by atoms with Gasteiger partial charge in [-0.25, -0.2) is 14.4 Å². The molecule has 1 aliphatic carbocycles. The molecule has 374 valence electrons. The van der Waals surface area contributed by atoms with Crippen molar-refractivity contribution in [2.75, 3.05) is 109 Å². The highest BCUT2D eigenvalue weighted by Gasteiger charge is 2.37. The van der Waals surface area contributed by atoms with Crippen LogP contribution in [0.15, 0.2) is 67.0 Å². The highest BCUT2D eigenvalue weighted by molar-refractivity contribution is 6.30. The van der Waals surface area contributed by atoms with Crippen molar-refractivity contribution in [3.63, 3.8) is 0 Å². The lowest BCUT2D eigenvalue weighted by Gasteiger charge is -2.38. The molecule has 4 heterocycles. The van der Waals surface area contributed by atoms with Gasteiger partial charge < -0.3 is 40.9 Å². The molecule has 0 saturated carbocycles. The van der Waals surface area contributed by atoms with Crippen LogP contribution in [0.5, 0.6) is 5.75 Å². The molecule has 0 radical (unpaired) electrons. The Hall–Kier alpha value is -5.55. The average molecular weight is 990 g/mol. The summed E-state index contributed by atoms with van der Waals surface area (Å²) in [5.41, 5.74) is 8.66. The molecule has 2 amide bonds. The van der Waals surface area contributed by atoms with Crippen LogP contribution in [0.2, 0.25) is 5.02 Å². The first-order chi connectivity index (χ1) is 33.7. The summed E-state index contributed by atoms with van der Waals surface area (Å²) in [5.74, 6) is 2.49. The van der Waals surface area contributed by atoms with Crippen LogP contribution in [0, 0.1) is 24.1 Å². The fourth-order valence-electron chi connectivity index (χ4n) is 10.0. The molecule has 0 bridgehead atoms. The van der Waals surface area contributed by atoms with Gasteiger partial charge in [0.25, 0.3) is 0 Å². The Bertz CT molecular complexity index is 2470. The van der Waals surface area contributed by atoms with Crippen LogP contribution in [0.1, 0.15) is 70.7 Å². The van der Waals surface area contributed by atoms with Crippen LogP contribution in [0.25, 0.3) is 0 Å². The Balaban J connectivity index is 0.725. The Kier molecular flexibility index (Phi) is 16.8. The molecular weight excluding hydrogens is 928 g/mol. The number of aliphatic hydroxyl groups excluding tert-OH is 1. The number of ether oxygens (including phenoxy) is 1. The van der Waals surface area contributed by atoms with Crippen LogP contribution >= 0.6 is 11.6 Å². The number of terminal acetylenes is 1. The van der Waals surface area contributed by atoms with E-state index in [1.165, 1.54) is 12.4 Å². The number of nitrogens with one attached hydrogen (secondary N) is 2. The number of benzene rings is 3. The first kappa shape index (κ1) is 50.8. The number of nitrogens with two attached hydrogens (primary N) is 1. The summed E-state index contributed by atoms with van der Waals surface area (Å²) in [7, 11) is 0. The predicted molar refractivity (Wildman–Crippen MR) is 260 cm³/mol. The van der Waals surface area contributed by atoms with E-state index in [2.05, 4.69) is 46.1 Å². The first-order valence-electron chi connectivity index (χ1n) is 24.0. The van der Waals surface area contributed by atoms with Crippen molar-refractivity contribution in [2.45, 2.75) is 56.5 Å². The van der Waals surface area contributed by atoms with E-state index >= 15 is 0 Å². The van der Waals surface area contributed by atoms with E-state index in [1.807, 2.05) is 23.1 Å². The number of likely N-dealkylation sites (tertiary alicyclic amines) is 1. The number of alkyl halides is 3. The minimum absolute atomic E-state index is 0.00286. The van der Waals surface area contributed by atoms with Gasteiger partial charge in [0.15, 0.2) is 0 Å². The van der Waals surface area contributed by atoms with E-state index < -0.39 is 29.6 Å². The highest BCUT2D eigenvalue weighted by Crippen LogP contribution is 2.43. The standard InChI is InChI=1S/C51H61ClF4N10O4/c1-2-36-27-44(67)48-47(36)49(61-33-60-48)65-21-23-66(24-22-65)50(69)41(37-4-6-39(52)7-5-37)28-58-13-14-59-46(68)31-64-19-17-63(18-20-64)29-34-11-15-62(16-12-34)30-38-26-40(57)8-10-45(38)70-32-35-3-9-43(53)42(25-35)51(54,55)56/h1,3-10,25-26,33-34,36,41,44,58,67H,11-24,27-32,57H2,(H,59,68)/t36-,41-,44?/m1/s1. The first-order valence-corrected chi connectivity index (χ1v) is 24.4. The van der Waals surface area contributed by atoms with Gasteiger partial charge in [0.2, 0.25) is 11.8 Å². The minimum Gasteiger partial charge on any atom is -0.489 e. The summed E-state index contributed by atoms with van der Waals surface area (Å²) in [4.78, 5) is 46.9. The van der Waals surface area contributed by atoms with Crippen molar-refractivity contribution in [3.8, 4) is 18.1 Å². The molecule has 5 N–H and O–H groups in total. The molecule has 3 aliphatic heterocycles. The summed E-state index contributed by atoms with van der Waals surface area (Å²) in [6, 6.07) is 15.5. The van der Waals surface area contributed by atoms with Crippen LogP contribution in [0.3, 0.4) is 0 Å². The van der Waals surface area contributed by atoms with Crippen LogP contribution in [-0.2, 0) is 28.9 Å². The number of piperidine rings is 1. The van der Waals surface area contributed by atoms with E-state index in [0.29, 0.717) is 93.4 Å². The number of rotatable bonds is 17. The number of aromatic nitrogens is 2. The van der Waals surface area contributed by atoms with Crippen LogP contribution < -0.4 is 26.0 Å². The second kappa shape index (κ2) is 23.1. The van der Waals surface area contributed by atoms with Crippen molar-refractivity contribution < 1.29 is 37.0 Å². The number of nitrogen functional groups attached to an aromatic ring is 1. The van der Waals surface area contributed by atoms with E-state index in [-0.39, 0.29) is 29.9 Å². The SMILES string of the molecule is C#C[C@@H]1CC(O)c2ncnc(N3CCN(C(=O)[C@H](CNCCNC(=O)CN4CCN(CC5CCN(Cc6cc(N)ccc6OCc6ccc(F)c(C(F)(F)F)c6)CC5)CC4)c4ccc(Cl)cc4)CC3)c21. The molecule has 1 unspecified atom stereocenters. The zero-order valence-electron chi connectivity index (χ0n) is 39.1. The maximum absolute atomic E-state index is 14.1.